The predicted molar refractivity (Wildman–Crippen MR) is 88.2 cm³/mol. The van der Waals surface area contributed by atoms with Crippen LogP contribution in [0.5, 0.6) is 5.75 Å². The molecule has 2 rings (SSSR count). The third-order valence-electron chi connectivity index (χ3n) is 3.45. The van der Waals surface area contributed by atoms with Gasteiger partial charge in [0.15, 0.2) is 0 Å². The molecule has 11 heteroatoms. The highest BCUT2D eigenvalue weighted by Gasteiger charge is 2.31. The first-order chi connectivity index (χ1) is 11.8. The number of halogens is 3. The Kier molecular flexibility index (Phi) is 6.04. The number of alkyl halides is 3. The molecular formula is C14H20F3N7O. The first kappa shape index (κ1) is 18.8. The Morgan fingerprint density at radius 3 is 2.52 bits per heavy atom. The number of guanidine groups is 2. The molecule has 1 saturated heterocycles. The number of hydrazine groups is 1. The van der Waals surface area contributed by atoms with E-state index in [1.807, 2.05) is 11.9 Å². The molecule has 0 aromatic heterocycles. The zero-order chi connectivity index (χ0) is 18.4. The van der Waals surface area contributed by atoms with Crippen LogP contribution in [-0.4, -0.2) is 61.3 Å². The van der Waals surface area contributed by atoms with E-state index < -0.39 is 6.36 Å². The molecule has 0 unspecified atom stereocenters. The van der Waals surface area contributed by atoms with Crippen LogP contribution < -0.4 is 21.7 Å². The van der Waals surface area contributed by atoms with Gasteiger partial charge in [0.25, 0.3) is 0 Å². The quantitative estimate of drug-likeness (QED) is 0.309. The van der Waals surface area contributed by atoms with Gasteiger partial charge in [-0.25, -0.2) is 10.8 Å². The van der Waals surface area contributed by atoms with E-state index in [4.69, 9.17) is 11.6 Å². The Hall–Kier alpha value is -2.53. The molecular weight excluding hydrogens is 339 g/mol. The van der Waals surface area contributed by atoms with Crippen LogP contribution in [0.1, 0.15) is 0 Å². The van der Waals surface area contributed by atoms with E-state index in [2.05, 4.69) is 25.0 Å². The van der Waals surface area contributed by atoms with Crippen LogP contribution in [0.25, 0.3) is 0 Å². The zero-order valence-corrected chi connectivity index (χ0v) is 13.6. The second kappa shape index (κ2) is 8.03. The van der Waals surface area contributed by atoms with Gasteiger partial charge in [-0.1, -0.05) is 6.07 Å². The number of piperazine rings is 1. The summed E-state index contributed by atoms with van der Waals surface area (Å²) in [6.07, 6.45) is -4.77. The number of benzene rings is 1. The van der Waals surface area contributed by atoms with E-state index in [1.54, 1.807) is 0 Å². The fourth-order valence-electron chi connectivity index (χ4n) is 2.23. The summed E-state index contributed by atoms with van der Waals surface area (Å²) >= 11 is 0. The number of hydrogen-bond acceptors (Lipinski definition) is 4. The van der Waals surface area contributed by atoms with Gasteiger partial charge < -0.3 is 20.3 Å². The summed E-state index contributed by atoms with van der Waals surface area (Å²) in [5, 5.41) is 0. The summed E-state index contributed by atoms with van der Waals surface area (Å²) in [6.45, 7) is 3.10. The standard InChI is InChI=1S/C14H20F3N7O/c1-23-5-7-24(8-6-23)13(22-19)21-12(18)20-10-3-2-4-11(9-10)25-14(15,16)17/h2-4,9H,5-8,19H2,1H3,(H3,18,20,21,22). The lowest BCUT2D eigenvalue weighted by Gasteiger charge is -2.33. The first-order valence-corrected chi connectivity index (χ1v) is 7.45. The van der Waals surface area contributed by atoms with E-state index in [0.29, 0.717) is 19.0 Å². The third kappa shape index (κ3) is 6.12. The predicted octanol–water partition coefficient (Wildman–Crippen LogP) is 0.598. The zero-order valence-electron chi connectivity index (χ0n) is 13.6. The van der Waals surface area contributed by atoms with Gasteiger partial charge in [-0.2, -0.15) is 4.99 Å². The second-order valence-corrected chi connectivity index (χ2v) is 5.39. The van der Waals surface area contributed by atoms with Crippen molar-refractivity contribution in [3.8, 4) is 5.75 Å². The Labute approximate surface area is 142 Å². The summed E-state index contributed by atoms with van der Waals surface area (Å²) in [5.41, 5.74) is 8.41. The molecule has 25 heavy (non-hydrogen) atoms. The number of likely N-dealkylation sites (N-methyl/N-ethyl adjacent to an activating group) is 1. The van der Waals surface area contributed by atoms with Crippen molar-refractivity contribution in [2.45, 2.75) is 6.36 Å². The lowest BCUT2D eigenvalue weighted by atomic mass is 10.3. The van der Waals surface area contributed by atoms with Crippen molar-refractivity contribution in [1.82, 2.24) is 15.2 Å². The number of nitrogens with one attached hydrogen (secondary N) is 1. The van der Waals surface area contributed by atoms with Crippen molar-refractivity contribution in [1.29, 1.82) is 0 Å². The third-order valence-corrected chi connectivity index (χ3v) is 3.45. The summed E-state index contributed by atoms with van der Waals surface area (Å²) in [6, 6.07) is 5.14. The van der Waals surface area contributed by atoms with E-state index in [1.165, 1.54) is 18.2 Å². The number of nitrogens with two attached hydrogens (primary N) is 2. The molecule has 0 aliphatic carbocycles. The van der Waals surface area contributed by atoms with Crippen LogP contribution >= 0.6 is 0 Å². The van der Waals surface area contributed by atoms with Crippen LogP contribution in [-0.2, 0) is 0 Å². The Morgan fingerprint density at radius 1 is 1.24 bits per heavy atom. The van der Waals surface area contributed by atoms with Crippen molar-refractivity contribution < 1.29 is 17.9 Å². The molecule has 1 fully saturated rings. The van der Waals surface area contributed by atoms with Gasteiger partial charge in [-0.15, -0.1) is 13.2 Å². The SMILES string of the molecule is CN1CCN(C(=NC(N)=Nc2cccc(OC(F)(F)F)c2)NN)CC1. The highest BCUT2D eigenvalue weighted by Crippen LogP contribution is 2.26. The van der Waals surface area contributed by atoms with Crippen molar-refractivity contribution in [2.24, 2.45) is 21.6 Å². The minimum absolute atomic E-state index is 0.143. The fourth-order valence-corrected chi connectivity index (χ4v) is 2.23. The molecule has 1 aliphatic rings. The molecule has 8 nitrogen and oxygen atoms in total. The summed E-state index contributed by atoms with van der Waals surface area (Å²) in [4.78, 5) is 12.1. The highest BCUT2D eigenvalue weighted by molar-refractivity contribution is 5.95. The minimum Gasteiger partial charge on any atom is -0.406 e. The molecule has 0 amide bonds. The van der Waals surface area contributed by atoms with Gasteiger partial charge >= 0.3 is 6.36 Å². The largest absolute Gasteiger partial charge is 0.573 e. The molecule has 0 atom stereocenters. The Bertz CT molecular complexity index is 640. The van der Waals surface area contributed by atoms with E-state index in [-0.39, 0.29) is 17.4 Å². The maximum atomic E-state index is 12.3. The number of aliphatic imine (C=N–C) groups is 2. The lowest BCUT2D eigenvalue weighted by Crippen LogP contribution is -2.53. The topological polar surface area (TPSA) is 104 Å². The molecule has 1 aromatic carbocycles. The van der Waals surface area contributed by atoms with Crippen molar-refractivity contribution in [3.63, 3.8) is 0 Å². The monoisotopic (exact) mass is 359 g/mol. The number of rotatable bonds is 2. The van der Waals surface area contributed by atoms with Crippen molar-refractivity contribution >= 4 is 17.6 Å². The summed E-state index contributed by atoms with van der Waals surface area (Å²) in [5.74, 6) is 5.30. The van der Waals surface area contributed by atoms with Gasteiger partial charge in [0.2, 0.25) is 11.9 Å². The van der Waals surface area contributed by atoms with Crippen LogP contribution in [0, 0.1) is 0 Å². The molecule has 5 N–H and O–H groups in total. The van der Waals surface area contributed by atoms with E-state index >= 15 is 0 Å². The normalized spacial score (nSPS) is 17.6. The molecule has 138 valence electrons. The number of ether oxygens (including phenoxy) is 1. The van der Waals surface area contributed by atoms with Crippen LogP contribution in [0.2, 0.25) is 0 Å². The molecule has 1 aliphatic heterocycles. The molecule has 0 spiro atoms. The van der Waals surface area contributed by atoms with Gasteiger partial charge in [0.1, 0.15) is 5.75 Å². The second-order valence-electron chi connectivity index (χ2n) is 5.39. The molecule has 0 bridgehead atoms. The summed E-state index contributed by atoms with van der Waals surface area (Å²) < 4.78 is 40.6. The Balaban J connectivity index is 2.12. The van der Waals surface area contributed by atoms with Gasteiger partial charge in [-0.05, 0) is 19.2 Å². The summed E-state index contributed by atoms with van der Waals surface area (Å²) in [7, 11) is 2.01. The molecule has 0 saturated carbocycles. The lowest BCUT2D eigenvalue weighted by molar-refractivity contribution is -0.274. The first-order valence-electron chi connectivity index (χ1n) is 7.45. The molecule has 1 aromatic rings. The van der Waals surface area contributed by atoms with E-state index in [9.17, 15) is 13.2 Å². The molecule has 1 heterocycles. The van der Waals surface area contributed by atoms with Crippen molar-refractivity contribution in [3.05, 3.63) is 24.3 Å². The smallest absolute Gasteiger partial charge is 0.406 e. The van der Waals surface area contributed by atoms with Gasteiger partial charge in [0.05, 0.1) is 5.69 Å². The Morgan fingerprint density at radius 2 is 1.92 bits per heavy atom. The fraction of sp³-hybridized carbons (Fsp3) is 0.429. The number of nitrogens with zero attached hydrogens (tertiary/aromatic N) is 4. The van der Waals surface area contributed by atoms with Crippen LogP contribution in [0.15, 0.2) is 34.3 Å². The average molecular weight is 359 g/mol. The minimum atomic E-state index is -4.77. The van der Waals surface area contributed by atoms with Gasteiger partial charge in [-0.3, -0.25) is 5.43 Å². The van der Waals surface area contributed by atoms with Crippen molar-refractivity contribution in [2.75, 3.05) is 33.2 Å². The maximum absolute atomic E-state index is 12.3. The van der Waals surface area contributed by atoms with Gasteiger partial charge in [0, 0.05) is 32.2 Å². The van der Waals surface area contributed by atoms with E-state index in [0.717, 1.165) is 19.2 Å². The number of hydrogen-bond donors (Lipinski definition) is 3. The molecule has 0 radical (unpaired) electrons. The van der Waals surface area contributed by atoms with Crippen LogP contribution in [0.4, 0.5) is 18.9 Å². The van der Waals surface area contributed by atoms with Crippen LogP contribution in [0.3, 0.4) is 0 Å². The maximum Gasteiger partial charge on any atom is 0.573 e. The highest BCUT2D eigenvalue weighted by atomic mass is 19.4. The average Bonchev–Trinajstić information content (AvgIpc) is 2.52.